The van der Waals surface area contributed by atoms with Gasteiger partial charge in [0.15, 0.2) is 5.76 Å². The van der Waals surface area contributed by atoms with E-state index in [2.05, 4.69) is 15.2 Å². The summed E-state index contributed by atoms with van der Waals surface area (Å²) in [7, 11) is -7.60. The second-order valence-electron chi connectivity index (χ2n) is 7.72. The molecule has 2 N–H and O–H groups in total. The highest BCUT2D eigenvalue weighted by Gasteiger charge is 2.41. The number of aromatic nitrogens is 1. The van der Waals surface area contributed by atoms with Gasteiger partial charge in [0.25, 0.3) is 0 Å². The standard InChI is InChI=1S/C19H26N4O6S2/c1-12(2)22-30(25,26)16-9-7-15(8-10-16)20-19(24)17-6-5-11-23(17)31(27,28)18-13(3)21-29-14(18)4/h7-10,12,17,22H,5-6,11H2,1-4H3,(H,20,24)/t17-/m0/s1. The number of hydrogen-bond donors (Lipinski definition) is 2. The smallest absolute Gasteiger partial charge is 0.249 e. The Bertz CT molecular complexity index is 1150. The first-order valence-electron chi connectivity index (χ1n) is 9.81. The quantitative estimate of drug-likeness (QED) is 0.629. The topological polar surface area (TPSA) is 139 Å². The number of amides is 1. The fourth-order valence-corrected chi connectivity index (χ4v) is 6.77. The van der Waals surface area contributed by atoms with Crippen LogP contribution in [0.15, 0.2) is 38.6 Å². The largest absolute Gasteiger partial charge is 0.360 e. The van der Waals surface area contributed by atoms with Crippen LogP contribution in [0, 0.1) is 13.8 Å². The van der Waals surface area contributed by atoms with Gasteiger partial charge in [-0.1, -0.05) is 5.16 Å². The zero-order valence-corrected chi connectivity index (χ0v) is 19.4. The molecule has 1 aliphatic heterocycles. The highest BCUT2D eigenvalue weighted by Crippen LogP contribution is 2.30. The Morgan fingerprint density at radius 2 is 1.81 bits per heavy atom. The van der Waals surface area contributed by atoms with Crippen molar-refractivity contribution >= 4 is 31.6 Å². The van der Waals surface area contributed by atoms with E-state index >= 15 is 0 Å². The van der Waals surface area contributed by atoms with Gasteiger partial charge in [0.2, 0.25) is 26.0 Å². The normalized spacial score (nSPS) is 17.9. The predicted molar refractivity (Wildman–Crippen MR) is 113 cm³/mol. The molecule has 2 aromatic rings. The monoisotopic (exact) mass is 470 g/mol. The van der Waals surface area contributed by atoms with Crippen LogP contribution in [0.5, 0.6) is 0 Å². The molecule has 12 heteroatoms. The van der Waals surface area contributed by atoms with Crippen molar-refractivity contribution in [2.24, 2.45) is 0 Å². The summed E-state index contributed by atoms with van der Waals surface area (Å²) in [6.07, 6.45) is 0.915. The van der Waals surface area contributed by atoms with Gasteiger partial charge < -0.3 is 9.84 Å². The van der Waals surface area contributed by atoms with Gasteiger partial charge in [0, 0.05) is 18.3 Å². The van der Waals surface area contributed by atoms with E-state index in [-0.39, 0.29) is 33.8 Å². The van der Waals surface area contributed by atoms with E-state index in [0.717, 1.165) is 0 Å². The lowest BCUT2D eigenvalue weighted by Gasteiger charge is -2.23. The first kappa shape index (κ1) is 23.4. The molecule has 1 aromatic carbocycles. The minimum Gasteiger partial charge on any atom is -0.360 e. The van der Waals surface area contributed by atoms with Crippen LogP contribution in [0.4, 0.5) is 5.69 Å². The van der Waals surface area contributed by atoms with Crippen molar-refractivity contribution in [3.8, 4) is 0 Å². The molecular weight excluding hydrogens is 444 g/mol. The van der Waals surface area contributed by atoms with Crippen LogP contribution < -0.4 is 10.0 Å². The average Bonchev–Trinajstić information content (AvgIpc) is 3.28. The van der Waals surface area contributed by atoms with Crippen molar-refractivity contribution in [1.82, 2.24) is 14.2 Å². The van der Waals surface area contributed by atoms with Crippen molar-refractivity contribution in [3.05, 3.63) is 35.7 Å². The number of hydrogen-bond acceptors (Lipinski definition) is 7. The summed E-state index contributed by atoms with van der Waals surface area (Å²) in [4.78, 5) is 12.9. The fourth-order valence-electron chi connectivity index (χ4n) is 3.57. The Morgan fingerprint density at radius 3 is 2.35 bits per heavy atom. The lowest BCUT2D eigenvalue weighted by atomic mass is 10.2. The van der Waals surface area contributed by atoms with Crippen molar-refractivity contribution < 1.29 is 26.2 Å². The summed E-state index contributed by atoms with van der Waals surface area (Å²) < 4.78 is 59.3. The van der Waals surface area contributed by atoms with E-state index in [9.17, 15) is 21.6 Å². The lowest BCUT2D eigenvalue weighted by Crippen LogP contribution is -2.43. The van der Waals surface area contributed by atoms with E-state index < -0.39 is 32.0 Å². The van der Waals surface area contributed by atoms with Crippen LogP contribution >= 0.6 is 0 Å². The third-order valence-corrected chi connectivity index (χ3v) is 8.69. The zero-order chi connectivity index (χ0) is 23.0. The second-order valence-corrected chi connectivity index (χ2v) is 11.3. The molecule has 3 rings (SSSR count). The fraction of sp³-hybridized carbons (Fsp3) is 0.474. The lowest BCUT2D eigenvalue weighted by molar-refractivity contribution is -0.119. The number of nitrogens with zero attached hydrogens (tertiary/aromatic N) is 2. The Morgan fingerprint density at radius 1 is 1.16 bits per heavy atom. The third kappa shape index (κ3) is 4.81. The maximum atomic E-state index is 13.1. The van der Waals surface area contributed by atoms with Gasteiger partial charge in [-0.05, 0) is 64.8 Å². The number of nitrogens with one attached hydrogen (secondary N) is 2. The summed E-state index contributed by atoms with van der Waals surface area (Å²) in [6, 6.07) is 4.56. The van der Waals surface area contributed by atoms with Gasteiger partial charge in [-0.15, -0.1) is 0 Å². The Kier molecular flexibility index (Phi) is 6.56. The predicted octanol–water partition coefficient (Wildman–Crippen LogP) is 1.77. The van der Waals surface area contributed by atoms with Gasteiger partial charge in [0.1, 0.15) is 16.6 Å². The molecule has 1 saturated heterocycles. The van der Waals surface area contributed by atoms with Crippen molar-refractivity contribution in [3.63, 3.8) is 0 Å². The number of benzene rings is 1. The molecular formula is C19H26N4O6S2. The maximum absolute atomic E-state index is 13.1. The second kappa shape index (κ2) is 8.69. The van der Waals surface area contributed by atoms with Crippen molar-refractivity contribution in [1.29, 1.82) is 0 Å². The molecule has 1 fully saturated rings. The van der Waals surface area contributed by atoms with Gasteiger partial charge in [-0.3, -0.25) is 4.79 Å². The van der Waals surface area contributed by atoms with Gasteiger partial charge in [0.05, 0.1) is 4.90 Å². The van der Waals surface area contributed by atoms with E-state index in [0.29, 0.717) is 18.5 Å². The number of carbonyl (C=O) groups is 1. The van der Waals surface area contributed by atoms with Crippen LogP contribution in [0.25, 0.3) is 0 Å². The first-order valence-corrected chi connectivity index (χ1v) is 12.7. The van der Waals surface area contributed by atoms with E-state index in [1.54, 1.807) is 13.8 Å². The molecule has 0 aliphatic carbocycles. The first-order chi connectivity index (χ1) is 14.4. The summed E-state index contributed by atoms with van der Waals surface area (Å²) in [5.41, 5.74) is 0.616. The third-order valence-electron chi connectivity index (χ3n) is 4.86. The summed E-state index contributed by atoms with van der Waals surface area (Å²) in [5.74, 6) is -0.306. The minimum atomic E-state index is -3.95. The summed E-state index contributed by atoms with van der Waals surface area (Å²) in [5, 5.41) is 6.38. The molecule has 1 amide bonds. The van der Waals surface area contributed by atoms with E-state index in [4.69, 9.17) is 4.52 Å². The van der Waals surface area contributed by atoms with Gasteiger partial charge in [-0.25, -0.2) is 21.6 Å². The van der Waals surface area contributed by atoms with Crippen LogP contribution in [0.2, 0.25) is 0 Å². The van der Waals surface area contributed by atoms with Crippen LogP contribution in [-0.4, -0.2) is 50.8 Å². The summed E-state index contributed by atoms with van der Waals surface area (Å²) in [6.45, 7) is 6.70. The van der Waals surface area contributed by atoms with Gasteiger partial charge in [-0.2, -0.15) is 4.31 Å². The van der Waals surface area contributed by atoms with Crippen LogP contribution in [-0.2, 0) is 24.8 Å². The average molecular weight is 471 g/mol. The molecule has 1 aromatic heterocycles. The van der Waals surface area contributed by atoms with Crippen molar-refractivity contribution in [2.45, 2.75) is 62.4 Å². The Balaban J connectivity index is 1.77. The number of rotatable bonds is 7. The molecule has 31 heavy (non-hydrogen) atoms. The summed E-state index contributed by atoms with van der Waals surface area (Å²) >= 11 is 0. The Hall–Kier alpha value is -2.28. The van der Waals surface area contributed by atoms with Gasteiger partial charge >= 0.3 is 0 Å². The number of carbonyl (C=O) groups excluding carboxylic acids is 1. The minimum absolute atomic E-state index is 0.0144. The van der Waals surface area contributed by atoms with E-state index in [1.165, 1.54) is 42.4 Å². The van der Waals surface area contributed by atoms with E-state index in [1.807, 2.05) is 0 Å². The van der Waals surface area contributed by atoms with Crippen LogP contribution in [0.1, 0.15) is 38.1 Å². The SMILES string of the molecule is Cc1noc(C)c1S(=O)(=O)N1CCC[C@H]1C(=O)Nc1ccc(S(=O)(=O)NC(C)C)cc1. The molecule has 10 nitrogen and oxygen atoms in total. The molecule has 0 radical (unpaired) electrons. The highest BCUT2D eigenvalue weighted by atomic mass is 32.2. The number of anilines is 1. The van der Waals surface area contributed by atoms with Crippen LogP contribution in [0.3, 0.4) is 0 Å². The maximum Gasteiger partial charge on any atom is 0.249 e. The van der Waals surface area contributed by atoms with Crippen molar-refractivity contribution in [2.75, 3.05) is 11.9 Å². The highest BCUT2D eigenvalue weighted by molar-refractivity contribution is 7.89. The Labute approximate surface area is 182 Å². The molecule has 0 spiro atoms. The zero-order valence-electron chi connectivity index (χ0n) is 17.7. The molecule has 0 saturated carbocycles. The number of sulfonamides is 2. The molecule has 1 atom stereocenters. The molecule has 1 aliphatic rings. The number of aryl methyl sites for hydroxylation is 2. The molecule has 0 unspecified atom stereocenters. The molecule has 2 heterocycles. The molecule has 0 bridgehead atoms. The molecule has 170 valence electrons.